The smallest absolute Gasteiger partial charge is 0.336 e. The highest BCUT2D eigenvalue weighted by Gasteiger charge is 2.27. The Bertz CT molecular complexity index is 3260. The Kier molecular flexibility index (Phi) is 9.72. The molecule has 0 saturated heterocycles. The molecule has 0 bridgehead atoms. The summed E-state index contributed by atoms with van der Waals surface area (Å²) >= 11 is 0. The van der Waals surface area contributed by atoms with E-state index in [1.807, 2.05) is 0 Å². The van der Waals surface area contributed by atoms with E-state index in [1.54, 1.807) is 24.3 Å². The van der Waals surface area contributed by atoms with Gasteiger partial charge in [0.1, 0.15) is 28.4 Å². The lowest BCUT2D eigenvalue weighted by Crippen LogP contribution is -2.37. The summed E-state index contributed by atoms with van der Waals surface area (Å²) < 4.78 is 12.1. The average Bonchev–Trinajstić information content (AvgIpc) is 3.22. The van der Waals surface area contributed by atoms with E-state index in [0.717, 1.165) is 6.07 Å². The highest BCUT2D eigenvalue weighted by Crippen LogP contribution is 2.44. The number of amides is 2. The van der Waals surface area contributed by atoms with Crippen LogP contribution in [-0.2, 0) is 11.3 Å². The second-order valence-corrected chi connectivity index (χ2v) is 13.9. The molecule has 16 nitrogen and oxygen atoms in total. The van der Waals surface area contributed by atoms with Gasteiger partial charge in [-0.3, -0.25) is 14.4 Å². The molecule has 4 aromatic rings. The number of anilines is 1. The zero-order chi connectivity index (χ0) is 43.3. The van der Waals surface area contributed by atoms with Crippen molar-refractivity contribution in [3.8, 4) is 50.7 Å². The standard InChI is InChI=1S/C45H30N4O12/c46-22-3-8-27-35(15-22)60-36-16-23(47)4-9-28(36)39(27)25-6-1-20(13-31(25)44(56)57)42(53)49-19-38(52)48-18-33-34(51)12-11-30-40(29-10-5-24(50)17-37(29)61-41(30)33)26-7-2-21(43(54)55)14-32(26)45(58)59/h1-17,46,50H,18-19,47H2,(H,48,52)(H,49,53)(H,54,55)(H,56,57)(H,58,59). The minimum atomic E-state index is -1.42. The van der Waals surface area contributed by atoms with E-state index >= 15 is 0 Å². The highest BCUT2D eigenvalue weighted by atomic mass is 16.4. The number of benzene rings is 6. The molecule has 302 valence electrons. The summed E-state index contributed by atoms with van der Waals surface area (Å²) in [6.07, 6.45) is 0. The summed E-state index contributed by atoms with van der Waals surface area (Å²) in [5.41, 5.74) is 7.11. The van der Waals surface area contributed by atoms with Gasteiger partial charge in [-0.15, -0.1) is 0 Å². The summed E-state index contributed by atoms with van der Waals surface area (Å²) in [6.45, 7) is -1.01. The molecule has 0 fully saturated rings. The van der Waals surface area contributed by atoms with Crippen molar-refractivity contribution in [1.82, 2.24) is 10.6 Å². The number of carboxylic acid groups (broad SMARTS) is 3. The zero-order valence-electron chi connectivity index (χ0n) is 31.4. The predicted molar refractivity (Wildman–Crippen MR) is 220 cm³/mol. The maximum atomic E-state index is 13.3. The van der Waals surface area contributed by atoms with E-state index in [9.17, 15) is 49.2 Å². The second-order valence-electron chi connectivity index (χ2n) is 13.9. The number of hydrogen-bond acceptors (Lipinski definition) is 11. The fourth-order valence-electron chi connectivity index (χ4n) is 7.30. The molecule has 4 aromatic carbocycles. The van der Waals surface area contributed by atoms with Gasteiger partial charge in [0.05, 0.1) is 40.7 Å². The Morgan fingerprint density at radius 1 is 0.623 bits per heavy atom. The number of carbonyl (C=O) groups is 5. The molecule has 9 N–H and O–H groups in total. The van der Waals surface area contributed by atoms with E-state index in [4.69, 9.17) is 20.0 Å². The number of nitrogen functional groups attached to an aromatic ring is 1. The van der Waals surface area contributed by atoms with Crippen LogP contribution in [0.1, 0.15) is 47.0 Å². The highest BCUT2D eigenvalue weighted by molar-refractivity contribution is 6.11. The minimum absolute atomic E-state index is 0.0497. The Hall–Kier alpha value is -8.79. The van der Waals surface area contributed by atoms with Crippen molar-refractivity contribution in [3.05, 3.63) is 147 Å². The number of rotatable bonds is 10. The lowest BCUT2D eigenvalue weighted by Gasteiger charge is -2.19. The van der Waals surface area contributed by atoms with Crippen LogP contribution in [0.5, 0.6) is 5.75 Å². The summed E-state index contributed by atoms with van der Waals surface area (Å²) in [5.74, 6) is -5.57. The lowest BCUT2D eigenvalue weighted by atomic mass is 9.88. The number of nitrogens with two attached hydrogens (primary N) is 1. The van der Waals surface area contributed by atoms with Gasteiger partial charge < -0.3 is 51.0 Å². The summed E-state index contributed by atoms with van der Waals surface area (Å²) in [5, 5.41) is 54.3. The molecule has 4 aliphatic rings. The molecule has 0 spiro atoms. The summed E-state index contributed by atoms with van der Waals surface area (Å²) in [6, 6.07) is 23.9. The first-order valence-electron chi connectivity index (χ1n) is 18.2. The van der Waals surface area contributed by atoms with Crippen molar-refractivity contribution in [2.24, 2.45) is 0 Å². The van der Waals surface area contributed by atoms with Gasteiger partial charge in [-0.2, -0.15) is 0 Å². The third-order valence-electron chi connectivity index (χ3n) is 10.1. The number of phenolic OH excluding ortho intramolecular Hbond substituents is 1. The van der Waals surface area contributed by atoms with Crippen molar-refractivity contribution in [3.63, 3.8) is 0 Å². The second kappa shape index (κ2) is 15.2. The van der Waals surface area contributed by atoms with Crippen molar-refractivity contribution >= 4 is 57.3 Å². The molecular weight excluding hydrogens is 789 g/mol. The Balaban J connectivity index is 1.07. The third-order valence-corrected chi connectivity index (χ3v) is 10.1. The monoisotopic (exact) mass is 818 g/mol. The molecule has 0 aromatic heterocycles. The van der Waals surface area contributed by atoms with E-state index in [0.29, 0.717) is 38.9 Å². The number of hydrogen-bond donors (Lipinski definition) is 8. The van der Waals surface area contributed by atoms with Crippen LogP contribution in [0.3, 0.4) is 0 Å². The van der Waals surface area contributed by atoms with Crippen molar-refractivity contribution < 1.29 is 53.2 Å². The zero-order valence-corrected chi connectivity index (χ0v) is 31.4. The van der Waals surface area contributed by atoms with E-state index in [-0.39, 0.29) is 72.5 Å². The van der Waals surface area contributed by atoms with Gasteiger partial charge in [0, 0.05) is 62.5 Å². The number of carboxylic acids is 3. The van der Waals surface area contributed by atoms with E-state index < -0.39 is 48.2 Å². The van der Waals surface area contributed by atoms with Gasteiger partial charge in [-0.25, -0.2) is 14.4 Å². The normalized spacial score (nSPS) is 11.2. The van der Waals surface area contributed by atoms with Crippen molar-refractivity contribution in [2.75, 3.05) is 12.3 Å². The topological polar surface area (TPSA) is 284 Å². The molecule has 2 aliphatic carbocycles. The molecule has 2 heterocycles. The molecular formula is C45H30N4O12. The molecule has 0 atom stereocenters. The number of fused-ring (bicyclic) bond motifs is 4. The molecule has 16 heteroatoms. The van der Waals surface area contributed by atoms with Crippen LogP contribution in [0.4, 0.5) is 5.69 Å². The molecule has 2 aliphatic heterocycles. The van der Waals surface area contributed by atoms with Crippen LogP contribution in [-0.4, -0.2) is 56.7 Å². The number of carbonyl (C=O) groups excluding carboxylic acids is 2. The predicted octanol–water partition coefficient (Wildman–Crippen LogP) is 5.99. The first kappa shape index (κ1) is 39.1. The van der Waals surface area contributed by atoms with Crippen LogP contribution in [0, 0.1) is 5.41 Å². The fraction of sp³-hybridized carbons (Fsp3) is 0.0444. The van der Waals surface area contributed by atoms with E-state index in [1.165, 1.54) is 72.8 Å². The largest absolute Gasteiger partial charge is 0.508 e. The van der Waals surface area contributed by atoms with Crippen LogP contribution in [0.15, 0.2) is 117 Å². The first-order valence-corrected chi connectivity index (χ1v) is 18.2. The van der Waals surface area contributed by atoms with Gasteiger partial charge in [0.2, 0.25) is 5.91 Å². The quantitative estimate of drug-likeness (QED) is 0.0582. The first-order chi connectivity index (χ1) is 29.2. The summed E-state index contributed by atoms with van der Waals surface area (Å²) in [7, 11) is 0. The van der Waals surface area contributed by atoms with Gasteiger partial charge in [-0.05, 0) is 83.9 Å². The van der Waals surface area contributed by atoms with Crippen LogP contribution < -0.4 is 27.2 Å². The van der Waals surface area contributed by atoms with Gasteiger partial charge in [-0.1, -0.05) is 12.1 Å². The van der Waals surface area contributed by atoms with Gasteiger partial charge >= 0.3 is 17.9 Å². The van der Waals surface area contributed by atoms with Crippen molar-refractivity contribution in [1.29, 1.82) is 5.41 Å². The van der Waals surface area contributed by atoms with Crippen LogP contribution in [0.2, 0.25) is 0 Å². The maximum absolute atomic E-state index is 13.3. The SMILES string of the molecule is N=c1ccc2c(-c3ccc(C(=O)NCC(=O)NCc4c5oc6cc(O)ccc6c(-c6ccc(C(=O)O)cc6C(=O)O)c-5ccc4=O)cc3C(=O)O)c3ccc(N)cc3oc-2c1. The number of phenols is 1. The Morgan fingerprint density at radius 3 is 1.92 bits per heavy atom. The molecule has 0 unspecified atom stereocenters. The van der Waals surface area contributed by atoms with E-state index in [2.05, 4.69) is 10.6 Å². The molecule has 0 radical (unpaired) electrons. The van der Waals surface area contributed by atoms with Crippen LogP contribution >= 0.6 is 0 Å². The molecule has 0 saturated carbocycles. The average molecular weight is 819 g/mol. The molecule has 61 heavy (non-hydrogen) atoms. The molecule has 2 amide bonds. The number of nitrogens with one attached hydrogen (secondary N) is 3. The molecule has 8 rings (SSSR count). The van der Waals surface area contributed by atoms with Gasteiger partial charge in [0.25, 0.3) is 5.91 Å². The fourth-order valence-corrected chi connectivity index (χ4v) is 7.30. The Labute approximate surface area is 341 Å². The lowest BCUT2D eigenvalue weighted by molar-refractivity contribution is -0.120. The Morgan fingerprint density at radius 2 is 1.23 bits per heavy atom. The number of aromatic hydroxyl groups is 1. The number of aromatic carboxylic acids is 3. The van der Waals surface area contributed by atoms with Crippen LogP contribution in [0.25, 0.3) is 66.8 Å². The minimum Gasteiger partial charge on any atom is -0.508 e. The van der Waals surface area contributed by atoms with Crippen molar-refractivity contribution in [2.45, 2.75) is 6.54 Å². The third kappa shape index (κ3) is 7.20. The summed E-state index contributed by atoms with van der Waals surface area (Å²) in [4.78, 5) is 76.5. The van der Waals surface area contributed by atoms with Gasteiger partial charge in [0.15, 0.2) is 5.43 Å². The maximum Gasteiger partial charge on any atom is 0.336 e.